The van der Waals surface area contributed by atoms with Crippen molar-refractivity contribution < 1.29 is 22.7 Å². The third-order valence-electron chi connectivity index (χ3n) is 3.00. The van der Waals surface area contributed by atoms with E-state index in [9.17, 15) is 13.2 Å². The van der Waals surface area contributed by atoms with E-state index in [-0.39, 0.29) is 0 Å². The van der Waals surface area contributed by atoms with Gasteiger partial charge in [0.25, 0.3) is 6.47 Å². The number of hydrogen-bond acceptors (Lipinski definition) is 5. The van der Waals surface area contributed by atoms with Crippen LogP contribution in [0, 0.1) is 0 Å². The van der Waals surface area contributed by atoms with Crippen molar-refractivity contribution in [3.63, 3.8) is 0 Å². The SMILES string of the molecule is COc1cc(C2(OC=O)CC2)ccc1NS(C)(=O)=O. The molecule has 0 heterocycles. The normalized spacial score (nSPS) is 16.5. The number of ether oxygens (including phenoxy) is 2. The summed E-state index contributed by atoms with van der Waals surface area (Å²) in [4.78, 5) is 10.5. The van der Waals surface area contributed by atoms with Crippen molar-refractivity contribution in [3.05, 3.63) is 23.8 Å². The zero-order valence-electron chi connectivity index (χ0n) is 10.7. The van der Waals surface area contributed by atoms with Gasteiger partial charge in [-0.1, -0.05) is 6.07 Å². The number of carbonyl (C=O) groups excluding carboxylic acids is 1. The Labute approximate surface area is 111 Å². The first-order valence-corrected chi connectivity index (χ1v) is 7.57. The quantitative estimate of drug-likeness (QED) is 0.795. The predicted octanol–water partition coefficient (Wildman–Crippen LogP) is 1.23. The predicted molar refractivity (Wildman–Crippen MR) is 69.5 cm³/mol. The van der Waals surface area contributed by atoms with Gasteiger partial charge in [-0.15, -0.1) is 0 Å². The maximum atomic E-state index is 11.2. The molecule has 1 fully saturated rings. The minimum atomic E-state index is -3.37. The van der Waals surface area contributed by atoms with Gasteiger partial charge in [0.1, 0.15) is 11.4 Å². The Morgan fingerprint density at radius 1 is 1.37 bits per heavy atom. The van der Waals surface area contributed by atoms with Crippen molar-refractivity contribution in [2.45, 2.75) is 18.4 Å². The van der Waals surface area contributed by atoms with E-state index in [0.717, 1.165) is 24.7 Å². The lowest BCUT2D eigenvalue weighted by Gasteiger charge is -2.16. The van der Waals surface area contributed by atoms with Gasteiger partial charge in [0.05, 0.1) is 19.1 Å². The molecule has 1 N–H and O–H groups in total. The summed E-state index contributed by atoms with van der Waals surface area (Å²) >= 11 is 0. The Bertz CT molecular complexity index is 592. The Balaban J connectivity index is 2.34. The second-order valence-electron chi connectivity index (χ2n) is 4.50. The second kappa shape index (κ2) is 4.73. The standard InChI is InChI=1S/C12H15NO5S/c1-17-11-7-9(12(5-6-12)18-8-14)3-4-10(11)13-19(2,15)16/h3-4,7-8,13H,5-6H2,1-2H3. The molecule has 1 saturated carbocycles. The van der Waals surface area contributed by atoms with Crippen molar-refractivity contribution in [3.8, 4) is 5.75 Å². The Kier molecular flexibility index (Phi) is 3.40. The summed E-state index contributed by atoms with van der Waals surface area (Å²) in [5.41, 5.74) is 0.588. The van der Waals surface area contributed by atoms with Gasteiger partial charge in [-0.3, -0.25) is 9.52 Å². The molecule has 1 aliphatic rings. The number of sulfonamides is 1. The fourth-order valence-corrected chi connectivity index (χ4v) is 2.51. The molecule has 0 bridgehead atoms. The lowest BCUT2D eigenvalue weighted by atomic mass is 10.1. The van der Waals surface area contributed by atoms with E-state index in [1.54, 1.807) is 18.2 Å². The fourth-order valence-electron chi connectivity index (χ4n) is 1.94. The minimum absolute atomic E-state index is 0.357. The molecule has 0 saturated heterocycles. The van der Waals surface area contributed by atoms with Crippen LogP contribution in [0.3, 0.4) is 0 Å². The first kappa shape index (κ1) is 13.7. The number of methoxy groups -OCH3 is 1. The molecule has 7 heteroatoms. The van der Waals surface area contributed by atoms with Crippen LogP contribution >= 0.6 is 0 Å². The summed E-state index contributed by atoms with van der Waals surface area (Å²) < 4.78 is 35.1. The molecule has 0 amide bonds. The second-order valence-corrected chi connectivity index (χ2v) is 6.25. The van der Waals surface area contributed by atoms with Crippen LogP contribution in [0.5, 0.6) is 5.75 Å². The van der Waals surface area contributed by atoms with Crippen molar-refractivity contribution in [1.82, 2.24) is 0 Å². The highest BCUT2D eigenvalue weighted by Gasteiger charge is 2.47. The number of hydrogen-bond donors (Lipinski definition) is 1. The van der Waals surface area contributed by atoms with Crippen LogP contribution < -0.4 is 9.46 Å². The van der Waals surface area contributed by atoms with Crippen molar-refractivity contribution in [1.29, 1.82) is 0 Å². The molecule has 2 rings (SSSR count). The highest BCUT2D eigenvalue weighted by molar-refractivity contribution is 7.92. The Morgan fingerprint density at radius 3 is 2.53 bits per heavy atom. The van der Waals surface area contributed by atoms with Crippen LogP contribution in [0.4, 0.5) is 5.69 Å². The van der Waals surface area contributed by atoms with Gasteiger partial charge >= 0.3 is 0 Å². The zero-order chi connectivity index (χ0) is 14.1. The minimum Gasteiger partial charge on any atom is -0.495 e. The van der Waals surface area contributed by atoms with Crippen molar-refractivity contribution in [2.75, 3.05) is 18.1 Å². The van der Waals surface area contributed by atoms with Gasteiger partial charge in [0, 0.05) is 0 Å². The van der Waals surface area contributed by atoms with Gasteiger partial charge in [-0.25, -0.2) is 8.42 Å². The van der Waals surface area contributed by atoms with E-state index >= 15 is 0 Å². The molecule has 0 aliphatic heterocycles. The molecular formula is C12H15NO5S. The summed E-state index contributed by atoms with van der Waals surface area (Å²) in [6.45, 7) is 0.433. The van der Waals surface area contributed by atoms with Crippen LogP contribution in [0.15, 0.2) is 18.2 Å². The van der Waals surface area contributed by atoms with Crippen LogP contribution in [0.1, 0.15) is 18.4 Å². The first-order valence-electron chi connectivity index (χ1n) is 5.68. The summed E-state index contributed by atoms with van der Waals surface area (Å²) in [6, 6.07) is 5.01. The van der Waals surface area contributed by atoms with E-state index < -0.39 is 15.6 Å². The molecule has 1 aromatic rings. The molecule has 6 nitrogen and oxygen atoms in total. The monoisotopic (exact) mass is 285 g/mol. The van der Waals surface area contributed by atoms with Gasteiger partial charge in [-0.05, 0) is 30.5 Å². The van der Waals surface area contributed by atoms with E-state index in [1.807, 2.05) is 0 Å². The van der Waals surface area contributed by atoms with Gasteiger partial charge in [-0.2, -0.15) is 0 Å². The Morgan fingerprint density at radius 2 is 2.05 bits per heavy atom. The third kappa shape index (κ3) is 2.98. The topological polar surface area (TPSA) is 81.7 Å². The number of anilines is 1. The Hall–Kier alpha value is -1.76. The lowest BCUT2D eigenvalue weighted by Crippen LogP contribution is -2.13. The molecule has 0 spiro atoms. The number of carbonyl (C=O) groups is 1. The molecule has 0 radical (unpaired) electrons. The molecule has 19 heavy (non-hydrogen) atoms. The molecule has 0 atom stereocenters. The average molecular weight is 285 g/mol. The van der Waals surface area contributed by atoms with E-state index in [2.05, 4.69) is 4.72 Å². The van der Waals surface area contributed by atoms with Gasteiger partial charge in [0.2, 0.25) is 10.0 Å². The molecular weight excluding hydrogens is 270 g/mol. The van der Waals surface area contributed by atoms with Crippen molar-refractivity contribution >= 4 is 22.2 Å². The zero-order valence-corrected chi connectivity index (χ0v) is 11.5. The number of benzene rings is 1. The molecule has 0 aromatic heterocycles. The van der Waals surface area contributed by atoms with E-state index in [0.29, 0.717) is 17.9 Å². The molecule has 1 aliphatic carbocycles. The molecule has 1 aromatic carbocycles. The fraction of sp³-hybridized carbons (Fsp3) is 0.417. The molecule has 104 valence electrons. The summed E-state index contributed by atoms with van der Waals surface area (Å²) in [7, 11) is -1.92. The van der Waals surface area contributed by atoms with Gasteiger partial charge < -0.3 is 9.47 Å². The van der Waals surface area contributed by atoms with Crippen LogP contribution in [0.25, 0.3) is 0 Å². The van der Waals surface area contributed by atoms with Crippen LogP contribution in [-0.4, -0.2) is 28.3 Å². The molecule has 0 unspecified atom stereocenters. The van der Waals surface area contributed by atoms with Crippen LogP contribution in [0.2, 0.25) is 0 Å². The largest absolute Gasteiger partial charge is 0.495 e. The summed E-state index contributed by atoms with van der Waals surface area (Å²) in [5, 5.41) is 0. The van der Waals surface area contributed by atoms with Gasteiger partial charge in [0.15, 0.2) is 0 Å². The maximum Gasteiger partial charge on any atom is 0.293 e. The summed E-state index contributed by atoms with van der Waals surface area (Å²) in [5.74, 6) is 0.392. The highest BCUT2D eigenvalue weighted by atomic mass is 32.2. The van der Waals surface area contributed by atoms with E-state index in [1.165, 1.54) is 7.11 Å². The highest BCUT2D eigenvalue weighted by Crippen LogP contribution is 2.50. The summed E-state index contributed by atoms with van der Waals surface area (Å²) in [6.07, 6.45) is 2.58. The average Bonchev–Trinajstić information content (AvgIpc) is 3.09. The van der Waals surface area contributed by atoms with E-state index in [4.69, 9.17) is 9.47 Å². The third-order valence-corrected chi connectivity index (χ3v) is 3.59. The lowest BCUT2D eigenvalue weighted by molar-refractivity contribution is -0.136. The maximum absolute atomic E-state index is 11.2. The first-order chi connectivity index (χ1) is 8.90. The van der Waals surface area contributed by atoms with Crippen molar-refractivity contribution in [2.24, 2.45) is 0 Å². The smallest absolute Gasteiger partial charge is 0.293 e. The van der Waals surface area contributed by atoms with Crippen LogP contribution in [-0.2, 0) is 25.2 Å². The number of rotatable bonds is 6. The number of nitrogens with one attached hydrogen (secondary N) is 1.